The van der Waals surface area contributed by atoms with Gasteiger partial charge in [0.15, 0.2) is 0 Å². The minimum Gasteiger partial charge on any atom is -0.351 e. The van der Waals surface area contributed by atoms with Gasteiger partial charge in [0, 0.05) is 25.7 Å². The van der Waals surface area contributed by atoms with E-state index in [2.05, 4.69) is 41.7 Å². The van der Waals surface area contributed by atoms with E-state index in [1.54, 1.807) is 6.07 Å². The number of likely N-dealkylation sites (N-methyl/N-ethyl adjacent to an activating group) is 1. The average molecular weight is 244 g/mol. The zero-order valence-corrected chi connectivity index (χ0v) is 11.3. The minimum atomic E-state index is 0.463. The first-order valence-corrected chi connectivity index (χ1v) is 6.44. The fraction of sp³-hybridized carbons (Fsp3) is 0.571. The number of nitriles is 1. The molecule has 1 aliphatic rings. The van der Waals surface area contributed by atoms with E-state index < -0.39 is 0 Å². The molecule has 1 aromatic rings. The molecule has 18 heavy (non-hydrogen) atoms. The molecule has 1 aliphatic heterocycles. The van der Waals surface area contributed by atoms with Crippen molar-refractivity contribution < 1.29 is 0 Å². The molecule has 0 aliphatic carbocycles. The van der Waals surface area contributed by atoms with Crippen molar-refractivity contribution in [1.29, 1.82) is 5.26 Å². The molecule has 0 saturated carbocycles. The van der Waals surface area contributed by atoms with Crippen LogP contribution in [0.5, 0.6) is 0 Å². The van der Waals surface area contributed by atoms with Crippen LogP contribution in [0.3, 0.4) is 0 Å². The summed E-state index contributed by atoms with van der Waals surface area (Å²) < 4.78 is 0. The predicted octanol–water partition coefficient (Wildman–Crippen LogP) is 1.73. The third-order valence-electron chi connectivity index (χ3n) is 3.53. The fourth-order valence-corrected chi connectivity index (χ4v) is 2.45. The van der Waals surface area contributed by atoms with Gasteiger partial charge in [-0.3, -0.25) is 0 Å². The van der Waals surface area contributed by atoms with Gasteiger partial charge >= 0.3 is 0 Å². The van der Waals surface area contributed by atoms with Gasteiger partial charge in [0.05, 0.1) is 0 Å². The molecule has 0 aromatic carbocycles. The maximum absolute atomic E-state index is 8.94. The topological polar surface area (TPSA) is 43.2 Å². The summed E-state index contributed by atoms with van der Waals surface area (Å²) in [6.07, 6.45) is 0. The van der Waals surface area contributed by atoms with Crippen molar-refractivity contribution in [3.05, 3.63) is 23.9 Å². The van der Waals surface area contributed by atoms with Crippen molar-refractivity contribution >= 4 is 5.82 Å². The molecular formula is C14H20N4. The summed E-state index contributed by atoms with van der Waals surface area (Å²) in [6, 6.07) is 8.24. The standard InChI is InChI=1S/C14H20N4/c1-11(2)13-10-17(3)7-8-18(13)14-6-4-5-12(9-15)16-14/h4-6,11,13H,7-8,10H2,1-3H3. The van der Waals surface area contributed by atoms with Crippen molar-refractivity contribution in [2.75, 3.05) is 31.6 Å². The molecule has 1 atom stereocenters. The second kappa shape index (κ2) is 5.36. The second-order valence-electron chi connectivity index (χ2n) is 5.26. The van der Waals surface area contributed by atoms with Gasteiger partial charge in [-0.15, -0.1) is 0 Å². The first kappa shape index (κ1) is 12.8. The van der Waals surface area contributed by atoms with E-state index in [0.717, 1.165) is 25.5 Å². The number of pyridine rings is 1. The Morgan fingerprint density at radius 1 is 1.39 bits per heavy atom. The number of rotatable bonds is 2. The number of hydrogen-bond donors (Lipinski definition) is 0. The highest BCUT2D eigenvalue weighted by molar-refractivity contribution is 5.43. The quantitative estimate of drug-likeness (QED) is 0.794. The first-order chi connectivity index (χ1) is 8.61. The summed E-state index contributed by atoms with van der Waals surface area (Å²) in [5.41, 5.74) is 0.494. The molecular weight excluding hydrogens is 224 g/mol. The Morgan fingerprint density at radius 2 is 2.17 bits per heavy atom. The van der Waals surface area contributed by atoms with Gasteiger partial charge in [-0.1, -0.05) is 19.9 Å². The summed E-state index contributed by atoms with van der Waals surface area (Å²) >= 11 is 0. The Labute approximate surface area is 109 Å². The normalized spacial score (nSPS) is 21.1. The van der Waals surface area contributed by atoms with Gasteiger partial charge in [-0.2, -0.15) is 5.26 Å². The van der Waals surface area contributed by atoms with Gasteiger partial charge in [-0.25, -0.2) is 4.98 Å². The van der Waals surface area contributed by atoms with Crippen LogP contribution in [0.25, 0.3) is 0 Å². The van der Waals surface area contributed by atoms with E-state index in [9.17, 15) is 0 Å². The lowest BCUT2D eigenvalue weighted by atomic mass is 10.00. The summed E-state index contributed by atoms with van der Waals surface area (Å²) in [4.78, 5) is 9.11. The monoisotopic (exact) mass is 244 g/mol. The lowest BCUT2D eigenvalue weighted by molar-refractivity contribution is 0.236. The number of nitrogens with zero attached hydrogens (tertiary/aromatic N) is 4. The SMILES string of the molecule is CC(C)C1CN(C)CCN1c1cccc(C#N)n1. The maximum atomic E-state index is 8.94. The molecule has 0 amide bonds. The number of aromatic nitrogens is 1. The molecule has 4 nitrogen and oxygen atoms in total. The third-order valence-corrected chi connectivity index (χ3v) is 3.53. The molecule has 1 aromatic heterocycles. The van der Waals surface area contributed by atoms with Gasteiger partial charge in [0.1, 0.15) is 17.6 Å². The molecule has 1 fully saturated rings. The van der Waals surface area contributed by atoms with Crippen LogP contribution in [0.15, 0.2) is 18.2 Å². The van der Waals surface area contributed by atoms with Gasteiger partial charge in [0.2, 0.25) is 0 Å². The van der Waals surface area contributed by atoms with Crippen molar-refractivity contribution in [3.63, 3.8) is 0 Å². The summed E-state index contributed by atoms with van der Waals surface area (Å²) in [6.45, 7) is 7.55. The molecule has 0 spiro atoms. The molecule has 4 heteroatoms. The highest BCUT2D eigenvalue weighted by Crippen LogP contribution is 2.22. The van der Waals surface area contributed by atoms with Gasteiger partial charge < -0.3 is 9.80 Å². The highest BCUT2D eigenvalue weighted by atomic mass is 15.3. The Kier molecular flexibility index (Phi) is 3.83. The predicted molar refractivity (Wildman–Crippen MR) is 72.4 cm³/mol. The van der Waals surface area contributed by atoms with Crippen LogP contribution in [-0.4, -0.2) is 42.6 Å². The molecule has 0 radical (unpaired) electrons. The Morgan fingerprint density at radius 3 is 2.83 bits per heavy atom. The lowest BCUT2D eigenvalue weighted by Crippen LogP contribution is -2.54. The summed E-state index contributed by atoms with van der Waals surface area (Å²) in [5, 5.41) is 8.94. The molecule has 2 heterocycles. The molecule has 1 saturated heterocycles. The van der Waals surface area contributed by atoms with Crippen molar-refractivity contribution in [2.45, 2.75) is 19.9 Å². The van der Waals surface area contributed by atoms with Crippen LogP contribution in [-0.2, 0) is 0 Å². The van der Waals surface area contributed by atoms with E-state index in [-0.39, 0.29) is 0 Å². The minimum absolute atomic E-state index is 0.463. The summed E-state index contributed by atoms with van der Waals surface area (Å²) in [5.74, 6) is 1.50. The van der Waals surface area contributed by atoms with E-state index in [0.29, 0.717) is 17.7 Å². The zero-order valence-electron chi connectivity index (χ0n) is 11.3. The van der Waals surface area contributed by atoms with Crippen LogP contribution in [0.2, 0.25) is 0 Å². The maximum Gasteiger partial charge on any atom is 0.142 e. The Hall–Kier alpha value is -1.60. The fourth-order valence-electron chi connectivity index (χ4n) is 2.45. The number of hydrogen-bond acceptors (Lipinski definition) is 4. The van der Waals surface area contributed by atoms with E-state index >= 15 is 0 Å². The van der Waals surface area contributed by atoms with E-state index in [1.807, 2.05) is 12.1 Å². The highest BCUT2D eigenvalue weighted by Gasteiger charge is 2.28. The number of anilines is 1. The van der Waals surface area contributed by atoms with E-state index in [1.165, 1.54) is 0 Å². The smallest absolute Gasteiger partial charge is 0.142 e. The first-order valence-electron chi connectivity index (χ1n) is 6.44. The average Bonchev–Trinajstić information content (AvgIpc) is 2.38. The number of piperazine rings is 1. The molecule has 0 N–H and O–H groups in total. The molecule has 96 valence electrons. The third kappa shape index (κ3) is 2.62. The van der Waals surface area contributed by atoms with Crippen LogP contribution in [0.1, 0.15) is 19.5 Å². The molecule has 0 bridgehead atoms. The van der Waals surface area contributed by atoms with Gasteiger partial charge in [-0.05, 0) is 25.1 Å². The van der Waals surface area contributed by atoms with Gasteiger partial charge in [0.25, 0.3) is 0 Å². The van der Waals surface area contributed by atoms with Crippen LogP contribution >= 0.6 is 0 Å². The van der Waals surface area contributed by atoms with Crippen LogP contribution in [0.4, 0.5) is 5.82 Å². The Balaban J connectivity index is 2.27. The summed E-state index contributed by atoms with van der Waals surface area (Å²) in [7, 11) is 2.16. The second-order valence-corrected chi connectivity index (χ2v) is 5.26. The van der Waals surface area contributed by atoms with E-state index in [4.69, 9.17) is 5.26 Å². The van der Waals surface area contributed by atoms with Crippen molar-refractivity contribution in [3.8, 4) is 6.07 Å². The van der Waals surface area contributed by atoms with Crippen molar-refractivity contribution in [2.24, 2.45) is 5.92 Å². The van der Waals surface area contributed by atoms with Crippen LogP contribution in [0, 0.1) is 17.2 Å². The molecule has 1 unspecified atom stereocenters. The Bertz CT molecular complexity index is 449. The lowest BCUT2D eigenvalue weighted by Gasteiger charge is -2.42. The zero-order chi connectivity index (χ0) is 13.1. The largest absolute Gasteiger partial charge is 0.351 e. The van der Waals surface area contributed by atoms with Crippen LogP contribution < -0.4 is 4.90 Å². The van der Waals surface area contributed by atoms with Crippen molar-refractivity contribution in [1.82, 2.24) is 9.88 Å². The molecule has 2 rings (SSSR count).